The number of thiazole rings is 1. The SMILES string of the molecule is CC(C)(C)[S@@](=O)N[C@@H](c1cnc(NC(=O)C2(c3ccc4c(c3)OCO4)CC2)s1)c1ccc(F)cc1Cl. The summed E-state index contributed by atoms with van der Waals surface area (Å²) in [5.74, 6) is 0.699. The zero-order valence-corrected chi connectivity index (χ0v) is 22.3. The molecule has 11 heteroatoms. The van der Waals surface area contributed by atoms with Crippen LogP contribution in [0.4, 0.5) is 9.52 Å². The second kappa shape index (κ2) is 9.41. The first-order valence-corrected chi connectivity index (χ1v) is 13.7. The van der Waals surface area contributed by atoms with Crippen molar-refractivity contribution in [1.82, 2.24) is 9.71 Å². The first kappa shape index (κ1) is 25.1. The lowest BCUT2D eigenvalue weighted by Crippen LogP contribution is -2.36. The Labute approximate surface area is 220 Å². The van der Waals surface area contributed by atoms with Crippen molar-refractivity contribution in [1.29, 1.82) is 0 Å². The number of benzene rings is 2. The molecule has 2 heterocycles. The molecule has 190 valence electrons. The van der Waals surface area contributed by atoms with E-state index in [1.807, 2.05) is 39.0 Å². The average molecular weight is 550 g/mol. The van der Waals surface area contributed by atoms with Gasteiger partial charge >= 0.3 is 0 Å². The van der Waals surface area contributed by atoms with Crippen LogP contribution < -0.4 is 19.5 Å². The number of rotatable bonds is 7. The first-order chi connectivity index (χ1) is 17.1. The van der Waals surface area contributed by atoms with Crippen LogP contribution in [-0.4, -0.2) is 26.6 Å². The maximum absolute atomic E-state index is 13.7. The summed E-state index contributed by atoms with van der Waals surface area (Å²) in [6.07, 6.45) is 3.05. The van der Waals surface area contributed by atoms with Crippen molar-refractivity contribution in [2.45, 2.75) is 49.8 Å². The summed E-state index contributed by atoms with van der Waals surface area (Å²) in [4.78, 5) is 18.4. The smallest absolute Gasteiger partial charge is 0.236 e. The van der Waals surface area contributed by atoms with Crippen LogP contribution in [-0.2, 0) is 21.2 Å². The van der Waals surface area contributed by atoms with Crippen LogP contribution in [0.15, 0.2) is 42.6 Å². The fraction of sp³-hybridized carbons (Fsp3) is 0.360. The Morgan fingerprint density at radius 3 is 2.64 bits per heavy atom. The highest BCUT2D eigenvalue weighted by molar-refractivity contribution is 7.84. The van der Waals surface area contributed by atoms with Crippen molar-refractivity contribution in [2.75, 3.05) is 12.1 Å². The molecule has 1 saturated carbocycles. The zero-order valence-electron chi connectivity index (χ0n) is 19.9. The third-order valence-electron chi connectivity index (χ3n) is 6.19. The molecule has 2 atom stereocenters. The van der Waals surface area contributed by atoms with Crippen molar-refractivity contribution < 1.29 is 22.9 Å². The predicted octanol–water partition coefficient (Wildman–Crippen LogP) is 5.48. The molecule has 0 spiro atoms. The van der Waals surface area contributed by atoms with Crippen molar-refractivity contribution in [3.63, 3.8) is 0 Å². The molecule has 2 N–H and O–H groups in total. The number of anilines is 1. The molecule has 1 aliphatic heterocycles. The Bertz CT molecular complexity index is 1350. The van der Waals surface area contributed by atoms with Crippen LogP contribution in [0.25, 0.3) is 0 Å². The molecule has 0 radical (unpaired) electrons. The van der Waals surface area contributed by atoms with Gasteiger partial charge in [0.25, 0.3) is 0 Å². The Morgan fingerprint density at radius 1 is 1.19 bits per heavy atom. The van der Waals surface area contributed by atoms with E-state index in [1.165, 1.54) is 23.5 Å². The van der Waals surface area contributed by atoms with E-state index in [0.29, 0.717) is 27.1 Å². The molecule has 0 bridgehead atoms. The van der Waals surface area contributed by atoms with Gasteiger partial charge < -0.3 is 14.8 Å². The molecule has 2 aliphatic rings. The van der Waals surface area contributed by atoms with E-state index in [1.54, 1.807) is 12.3 Å². The third kappa shape index (κ3) is 4.87. The highest BCUT2D eigenvalue weighted by Crippen LogP contribution is 2.51. The van der Waals surface area contributed by atoms with E-state index in [-0.39, 0.29) is 17.7 Å². The number of fused-ring (bicyclic) bond motifs is 1. The number of amides is 1. The average Bonchev–Trinajstić information content (AvgIpc) is 3.28. The van der Waals surface area contributed by atoms with Gasteiger partial charge in [-0.3, -0.25) is 4.79 Å². The lowest BCUT2D eigenvalue weighted by molar-refractivity contribution is -0.118. The van der Waals surface area contributed by atoms with Crippen molar-refractivity contribution in [3.8, 4) is 11.5 Å². The fourth-order valence-corrected chi connectivity index (χ4v) is 6.01. The number of hydrogen-bond donors (Lipinski definition) is 2. The largest absolute Gasteiger partial charge is 0.454 e. The monoisotopic (exact) mass is 549 g/mol. The van der Waals surface area contributed by atoms with Crippen LogP contribution >= 0.6 is 22.9 Å². The Kier molecular flexibility index (Phi) is 6.57. The lowest BCUT2D eigenvalue weighted by atomic mass is 9.94. The molecule has 1 amide bonds. The van der Waals surface area contributed by atoms with E-state index in [4.69, 9.17) is 21.1 Å². The van der Waals surface area contributed by atoms with E-state index in [2.05, 4.69) is 15.0 Å². The molecule has 7 nitrogen and oxygen atoms in total. The molecular weight excluding hydrogens is 525 g/mol. The summed E-state index contributed by atoms with van der Waals surface area (Å²) in [7, 11) is -1.45. The number of hydrogen-bond acceptors (Lipinski definition) is 6. The summed E-state index contributed by atoms with van der Waals surface area (Å²) in [6, 6.07) is 9.06. The molecule has 0 saturated heterocycles. The Balaban J connectivity index is 1.39. The summed E-state index contributed by atoms with van der Waals surface area (Å²) < 4.78 is 40.1. The summed E-state index contributed by atoms with van der Waals surface area (Å²) in [6.45, 7) is 5.72. The summed E-state index contributed by atoms with van der Waals surface area (Å²) >= 11 is 7.61. The van der Waals surface area contributed by atoms with Gasteiger partial charge in [0.2, 0.25) is 12.7 Å². The molecule has 1 aliphatic carbocycles. The quantitative estimate of drug-likeness (QED) is 0.407. The number of halogens is 2. The minimum absolute atomic E-state index is 0.148. The van der Waals surface area contributed by atoms with Crippen LogP contribution in [0.2, 0.25) is 5.02 Å². The van der Waals surface area contributed by atoms with Crippen LogP contribution in [0.1, 0.15) is 55.7 Å². The Hall–Kier alpha value is -2.53. The van der Waals surface area contributed by atoms with Crippen LogP contribution in [0.5, 0.6) is 11.5 Å². The molecule has 1 fully saturated rings. The number of carbonyl (C=O) groups is 1. The fourth-order valence-electron chi connectivity index (χ4n) is 3.95. The first-order valence-electron chi connectivity index (χ1n) is 11.4. The summed E-state index contributed by atoms with van der Waals surface area (Å²) in [5.41, 5.74) is 0.800. The van der Waals surface area contributed by atoms with Gasteiger partial charge in [0.15, 0.2) is 16.6 Å². The lowest BCUT2D eigenvalue weighted by Gasteiger charge is -2.24. The van der Waals surface area contributed by atoms with Gasteiger partial charge in [-0.15, -0.1) is 0 Å². The molecule has 36 heavy (non-hydrogen) atoms. The van der Waals surface area contributed by atoms with Crippen molar-refractivity contribution in [3.05, 3.63) is 69.4 Å². The van der Waals surface area contributed by atoms with Gasteiger partial charge in [-0.1, -0.05) is 35.1 Å². The standard InChI is InChI=1S/C25H25ClFN3O4S2/c1-24(2,3)36(32)30-21(16-6-5-15(27)11-17(16)26)20-12-28-23(35-20)29-22(31)25(8-9-25)14-4-7-18-19(10-14)34-13-33-18/h4-7,10-12,21,30H,8-9,13H2,1-3H3,(H,28,29,31)/t21-,36-/m1/s1. The van der Waals surface area contributed by atoms with Gasteiger partial charge in [-0.05, 0) is 69.0 Å². The minimum atomic E-state index is -1.45. The highest BCUT2D eigenvalue weighted by atomic mass is 35.5. The van der Waals surface area contributed by atoms with Gasteiger partial charge in [0, 0.05) is 16.1 Å². The number of ether oxygens (including phenoxy) is 2. The number of aromatic nitrogens is 1. The minimum Gasteiger partial charge on any atom is -0.454 e. The van der Waals surface area contributed by atoms with Crippen molar-refractivity contribution >= 4 is 45.0 Å². The highest BCUT2D eigenvalue weighted by Gasteiger charge is 2.52. The second-order valence-electron chi connectivity index (χ2n) is 9.77. The number of carbonyl (C=O) groups excluding carboxylic acids is 1. The van der Waals surface area contributed by atoms with Gasteiger partial charge in [0.05, 0.1) is 27.2 Å². The van der Waals surface area contributed by atoms with E-state index in [9.17, 15) is 13.4 Å². The third-order valence-corrected chi connectivity index (χ3v) is 9.06. The van der Waals surface area contributed by atoms with Crippen molar-refractivity contribution in [2.24, 2.45) is 0 Å². The molecule has 3 aromatic rings. The van der Waals surface area contributed by atoms with Gasteiger partial charge in [-0.2, -0.15) is 0 Å². The topological polar surface area (TPSA) is 89.6 Å². The normalized spacial score (nSPS) is 17.5. The van der Waals surface area contributed by atoms with E-state index >= 15 is 0 Å². The maximum atomic E-state index is 13.7. The molecule has 1 aromatic heterocycles. The number of nitrogens with one attached hydrogen (secondary N) is 2. The summed E-state index contributed by atoms with van der Waals surface area (Å²) in [5, 5.41) is 3.56. The van der Waals surface area contributed by atoms with E-state index in [0.717, 1.165) is 18.4 Å². The molecule has 2 aromatic carbocycles. The maximum Gasteiger partial charge on any atom is 0.236 e. The zero-order chi connectivity index (χ0) is 25.7. The molecular formula is C25H25ClFN3O4S2. The number of nitrogens with zero attached hydrogens (tertiary/aromatic N) is 1. The van der Waals surface area contributed by atoms with Crippen LogP contribution in [0, 0.1) is 5.82 Å². The molecule has 0 unspecified atom stereocenters. The van der Waals surface area contributed by atoms with E-state index < -0.39 is 33.0 Å². The van der Waals surface area contributed by atoms with Gasteiger partial charge in [-0.25, -0.2) is 18.3 Å². The Morgan fingerprint density at radius 2 is 1.94 bits per heavy atom. The van der Waals surface area contributed by atoms with Crippen LogP contribution in [0.3, 0.4) is 0 Å². The van der Waals surface area contributed by atoms with Gasteiger partial charge in [0.1, 0.15) is 5.82 Å². The second-order valence-corrected chi connectivity index (χ2v) is 13.2. The molecule has 5 rings (SSSR count). The predicted molar refractivity (Wildman–Crippen MR) is 139 cm³/mol.